The van der Waals surface area contributed by atoms with E-state index in [-0.39, 0.29) is 28.9 Å². The van der Waals surface area contributed by atoms with Crippen LogP contribution in [0.15, 0.2) is 0 Å². The monoisotopic (exact) mass is 420 g/mol. The molecule has 2 atom stereocenters. The standard InChI is InChI=1S/C26H48N2O2/c1-7-8-9-10-11-12-13-14-15-16-17-21-22(28-23(29)18-19-24(28)30)20-25(2,3)27(6)26(21,4)5/h21-22H,7-20H2,1-6H3. The molecule has 2 rings (SSSR count). The van der Waals surface area contributed by atoms with Gasteiger partial charge in [-0.05, 0) is 53.5 Å². The van der Waals surface area contributed by atoms with Crippen molar-refractivity contribution in [2.24, 2.45) is 5.92 Å². The van der Waals surface area contributed by atoms with E-state index >= 15 is 0 Å². The van der Waals surface area contributed by atoms with Crippen molar-refractivity contribution in [1.29, 1.82) is 0 Å². The maximum absolute atomic E-state index is 12.6. The fourth-order valence-electron chi connectivity index (χ4n) is 5.92. The van der Waals surface area contributed by atoms with E-state index in [9.17, 15) is 9.59 Å². The lowest BCUT2D eigenvalue weighted by Crippen LogP contribution is -2.68. The van der Waals surface area contributed by atoms with E-state index in [1.54, 1.807) is 4.90 Å². The Morgan fingerprint density at radius 2 is 1.27 bits per heavy atom. The van der Waals surface area contributed by atoms with Crippen molar-refractivity contribution in [2.75, 3.05) is 7.05 Å². The molecule has 0 saturated carbocycles. The summed E-state index contributed by atoms with van der Waals surface area (Å²) in [7, 11) is 2.22. The van der Waals surface area contributed by atoms with Crippen molar-refractivity contribution in [3.63, 3.8) is 0 Å². The predicted molar refractivity (Wildman–Crippen MR) is 125 cm³/mol. The largest absolute Gasteiger partial charge is 0.296 e. The first-order valence-electron chi connectivity index (χ1n) is 12.7. The lowest BCUT2D eigenvalue weighted by molar-refractivity contribution is -0.152. The van der Waals surface area contributed by atoms with Crippen molar-refractivity contribution < 1.29 is 9.59 Å². The minimum absolute atomic E-state index is 0.0222. The van der Waals surface area contributed by atoms with Crippen LogP contribution in [-0.2, 0) is 9.59 Å². The van der Waals surface area contributed by atoms with Gasteiger partial charge in [-0.25, -0.2) is 0 Å². The van der Waals surface area contributed by atoms with E-state index in [2.05, 4.69) is 46.6 Å². The van der Waals surface area contributed by atoms with Gasteiger partial charge < -0.3 is 0 Å². The van der Waals surface area contributed by atoms with Gasteiger partial charge in [0.15, 0.2) is 0 Å². The van der Waals surface area contributed by atoms with Gasteiger partial charge in [0.2, 0.25) is 11.8 Å². The van der Waals surface area contributed by atoms with Crippen molar-refractivity contribution in [1.82, 2.24) is 9.80 Å². The molecule has 0 aliphatic carbocycles. The van der Waals surface area contributed by atoms with E-state index in [1.807, 2.05) is 0 Å². The first-order chi connectivity index (χ1) is 14.1. The second-order valence-electron chi connectivity index (χ2n) is 11.0. The highest BCUT2D eigenvalue weighted by molar-refractivity contribution is 6.02. The third kappa shape index (κ3) is 6.08. The molecule has 0 bridgehead atoms. The summed E-state index contributed by atoms with van der Waals surface area (Å²) < 4.78 is 0. The average molecular weight is 421 g/mol. The van der Waals surface area contributed by atoms with E-state index < -0.39 is 0 Å². The Labute approximate surface area is 186 Å². The molecule has 0 N–H and O–H groups in total. The van der Waals surface area contributed by atoms with Crippen LogP contribution in [0.25, 0.3) is 0 Å². The van der Waals surface area contributed by atoms with Crippen LogP contribution in [0.2, 0.25) is 0 Å². The molecule has 174 valence electrons. The minimum atomic E-state index is -0.0329. The molecule has 2 amide bonds. The summed E-state index contributed by atoms with van der Waals surface area (Å²) >= 11 is 0. The maximum atomic E-state index is 12.6. The third-order valence-corrected chi connectivity index (χ3v) is 8.14. The first kappa shape index (κ1) is 25.4. The first-order valence-corrected chi connectivity index (χ1v) is 12.7. The molecule has 2 unspecified atom stereocenters. The smallest absolute Gasteiger partial charge is 0.229 e. The number of piperidine rings is 1. The van der Waals surface area contributed by atoms with Gasteiger partial charge in [-0.1, -0.05) is 71.1 Å². The molecular formula is C26H48N2O2. The van der Waals surface area contributed by atoms with Crippen molar-refractivity contribution in [3.05, 3.63) is 0 Å². The molecule has 2 fully saturated rings. The molecule has 2 aliphatic heterocycles. The molecule has 0 aromatic carbocycles. The second-order valence-corrected chi connectivity index (χ2v) is 11.0. The molecule has 0 aromatic rings. The number of imide groups is 1. The van der Waals surface area contributed by atoms with E-state index in [4.69, 9.17) is 0 Å². The van der Waals surface area contributed by atoms with Crippen LogP contribution in [0.5, 0.6) is 0 Å². The fourth-order valence-corrected chi connectivity index (χ4v) is 5.92. The molecule has 2 aliphatic rings. The van der Waals surface area contributed by atoms with Crippen molar-refractivity contribution in [3.8, 4) is 0 Å². The number of unbranched alkanes of at least 4 members (excludes halogenated alkanes) is 9. The fraction of sp³-hybridized carbons (Fsp3) is 0.923. The summed E-state index contributed by atoms with van der Waals surface area (Å²) in [5, 5.41) is 0. The molecule has 30 heavy (non-hydrogen) atoms. The predicted octanol–water partition coefficient (Wildman–Crippen LogP) is 6.32. The molecule has 0 spiro atoms. The number of rotatable bonds is 12. The van der Waals surface area contributed by atoms with Gasteiger partial charge in [-0.15, -0.1) is 0 Å². The van der Waals surface area contributed by atoms with Crippen LogP contribution in [0.1, 0.15) is 125 Å². The van der Waals surface area contributed by atoms with Crippen LogP contribution < -0.4 is 0 Å². The Hall–Kier alpha value is -0.900. The molecule has 4 heteroatoms. The summed E-state index contributed by atoms with van der Waals surface area (Å²) in [5.41, 5.74) is -0.0551. The molecule has 0 radical (unpaired) electrons. The number of amides is 2. The summed E-state index contributed by atoms with van der Waals surface area (Å²) in [4.78, 5) is 29.3. The summed E-state index contributed by atoms with van der Waals surface area (Å²) in [6.07, 6.45) is 16.2. The Morgan fingerprint density at radius 1 is 0.800 bits per heavy atom. The van der Waals surface area contributed by atoms with E-state index in [0.29, 0.717) is 18.8 Å². The number of nitrogens with zero attached hydrogens (tertiary/aromatic N) is 2. The van der Waals surface area contributed by atoms with Crippen LogP contribution >= 0.6 is 0 Å². The number of hydrogen-bond acceptors (Lipinski definition) is 3. The van der Waals surface area contributed by atoms with E-state index in [0.717, 1.165) is 12.8 Å². The van der Waals surface area contributed by atoms with Gasteiger partial charge in [0.1, 0.15) is 0 Å². The Morgan fingerprint density at radius 3 is 1.77 bits per heavy atom. The Bertz CT molecular complexity index is 553. The number of likely N-dealkylation sites (tertiary alicyclic amines) is 2. The Kier molecular flexibility index (Phi) is 9.39. The van der Waals surface area contributed by atoms with Crippen LogP contribution in [-0.4, -0.2) is 45.8 Å². The highest BCUT2D eigenvalue weighted by Gasteiger charge is 2.53. The molecule has 2 saturated heterocycles. The quantitative estimate of drug-likeness (QED) is 0.274. The number of carbonyl (C=O) groups excluding carboxylic acids is 2. The molecule has 4 nitrogen and oxygen atoms in total. The molecule has 2 heterocycles. The summed E-state index contributed by atoms with van der Waals surface area (Å²) in [6.45, 7) is 11.4. The lowest BCUT2D eigenvalue weighted by atomic mass is 9.67. The molecular weight excluding hydrogens is 372 g/mol. The van der Waals surface area contributed by atoms with E-state index in [1.165, 1.54) is 64.2 Å². The highest BCUT2D eigenvalue weighted by Crippen LogP contribution is 2.46. The van der Waals surface area contributed by atoms with Crippen molar-refractivity contribution in [2.45, 2.75) is 142 Å². The van der Waals surface area contributed by atoms with Gasteiger partial charge in [0.05, 0.1) is 0 Å². The third-order valence-electron chi connectivity index (χ3n) is 8.14. The zero-order valence-electron chi connectivity index (χ0n) is 20.8. The number of hydrogen-bond donors (Lipinski definition) is 0. The number of carbonyl (C=O) groups is 2. The van der Waals surface area contributed by atoms with Gasteiger partial charge >= 0.3 is 0 Å². The molecule has 0 aromatic heterocycles. The van der Waals surface area contributed by atoms with Gasteiger partial charge in [0, 0.05) is 30.0 Å². The topological polar surface area (TPSA) is 40.6 Å². The lowest BCUT2D eigenvalue weighted by Gasteiger charge is -2.59. The van der Waals surface area contributed by atoms with Crippen LogP contribution in [0, 0.1) is 5.92 Å². The van der Waals surface area contributed by atoms with Gasteiger partial charge in [0.25, 0.3) is 0 Å². The van der Waals surface area contributed by atoms with Crippen LogP contribution in [0.3, 0.4) is 0 Å². The minimum Gasteiger partial charge on any atom is -0.296 e. The highest BCUT2D eigenvalue weighted by atomic mass is 16.2. The Balaban J connectivity index is 1.90. The van der Waals surface area contributed by atoms with Crippen molar-refractivity contribution >= 4 is 11.8 Å². The second kappa shape index (κ2) is 11.1. The summed E-state index contributed by atoms with van der Waals surface area (Å²) in [6, 6.07) is 0.0484. The van der Waals surface area contributed by atoms with Gasteiger partial charge in [-0.3, -0.25) is 19.4 Å². The average Bonchev–Trinajstić information content (AvgIpc) is 3.01. The van der Waals surface area contributed by atoms with Crippen LogP contribution in [0.4, 0.5) is 0 Å². The summed E-state index contributed by atoms with van der Waals surface area (Å²) in [5.74, 6) is 0.444. The zero-order valence-corrected chi connectivity index (χ0v) is 20.8. The normalized spacial score (nSPS) is 26.5. The van der Waals surface area contributed by atoms with Gasteiger partial charge in [-0.2, -0.15) is 0 Å². The SMILES string of the molecule is CCCCCCCCCCCCC1C(N2C(=O)CCC2=O)CC(C)(C)N(C)C1(C)C. The maximum Gasteiger partial charge on any atom is 0.229 e. The zero-order chi connectivity index (χ0) is 22.4.